The standard InChI is InChI=1S/C12H15NO2/c1-3-4-9-15-12-8-6-5-7-11(12)10(2)13-14/h3-8,14H,9H2,1-2H3/b4-3+,13-10+. The summed E-state index contributed by atoms with van der Waals surface area (Å²) < 4.78 is 5.52. The van der Waals surface area contributed by atoms with E-state index in [0.717, 1.165) is 11.3 Å². The molecule has 3 nitrogen and oxygen atoms in total. The molecular weight excluding hydrogens is 190 g/mol. The third-order valence-corrected chi connectivity index (χ3v) is 2.00. The number of ether oxygens (including phenoxy) is 1. The molecule has 0 aliphatic heterocycles. The number of benzene rings is 1. The highest BCUT2D eigenvalue weighted by atomic mass is 16.5. The molecule has 1 aromatic rings. The van der Waals surface area contributed by atoms with E-state index in [4.69, 9.17) is 9.94 Å². The van der Waals surface area contributed by atoms with Crippen molar-refractivity contribution in [1.82, 2.24) is 0 Å². The molecule has 0 spiro atoms. The van der Waals surface area contributed by atoms with Crippen molar-refractivity contribution in [2.75, 3.05) is 6.61 Å². The minimum Gasteiger partial charge on any atom is -0.489 e. The van der Waals surface area contributed by atoms with Gasteiger partial charge >= 0.3 is 0 Å². The van der Waals surface area contributed by atoms with Crippen molar-refractivity contribution in [1.29, 1.82) is 0 Å². The summed E-state index contributed by atoms with van der Waals surface area (Å²) in [4.78, 5) is 0. The largest absolute Gasteiger partial charge is 0.489 e. The van der Waals surface area contributed by atoms with Gasteiger partial charge in [-0.05, 0) is 26.0 Å². The summed E-state index contributed by atoms with van der Waals surface area (Å²) in [6.45, 7) is 4.19. The molecule has 3 heteroatoms. The molecule has 0 atom stereocenters. The van der Waals surface area contributed by atoms with Crippen LogP contribution in [-0.4, -0.2) is 17.5 Å². The topological polar surface area (TPSA) is 41.8 Å². The molecule has 0 amide bonds. The Morgan fingerprint density at radius 1 is 1.47 bits per heavy atom. The molecule has 0 aromatic heterocycles. The molecule has 0 aliphatic carbocycles. The Morgan fingerprint density at radius 2 is 2.20 bits per heavy atom. The zero-order chi connectivity index (χ0) is 11.1. The first kappa shape index (κ1) is 11.3. The van der Waals surface area contributed by atoms with Crippen molar-refractivity contribution in [3.8, 4) is 5.75 Å². The molecule has 80 valence electrons. The summed E-state index contributed by atoms with van der Waals surface area (Å²) in [5, 5.41) is 11.9. The van der Waals surface area contributed by atoms with Gasteiger partial charge in [0, 0.05) is 5.56 Å². The first-order valence-corrected chi connectivity index (χ1v) is 4.81. The van der Waals surface area contributed by atoms with Gasteiger partial charge in [-0.3, -0.25) is 0 Å². The Bertz CT molecular complexity index is 370. The van der Waals surface area contributed by atoms with E-state index in [1.807, 2.05) is 43.3 Å². The molecule has 0 unspecified atom stereocenters. The zero-order valence-electron chi connectivity index (χ0n) is 8.97. The summed E-state index contributed by atoms with van der Waals surface area (Å²) >= 11 is 0. The number of rotatable bonds is 4. The van der Waals surface area contributed by atoms with Crippen LogP contribution in [0.5, 0.6) is 5.75 Å². The molecule has 0 fully saturated rings. The molecule has 0 heterocycles. The molecule has 1 rings (SSSR count). The van der Waals surface area contributed by atoms with Gasteiger partial charge in [0.05, 0.1) is 5.71 Å². The number of nitrogens with zero attached hydrogens (tertiary/aromatic N) is 1. The first-order valence-electron chi connectivity index (χ1n) is 4.81. The van der Waals surface area contributed by atoms with Crippen LogP contribution in [0.15, 0.2) is 41.6 Å². The second-order valence-electron chi connectivity index (χ2n) is 3.06. The van der Waals surface area contributed by atoms with Crippen molar-refractivity contribution in [2.45, 2.75) is 13.8 Å². The van der Waals surface area contributed by atoms with E-state index in [1.54, 1.807) is 6.92 Å². The van der Waals surface area contributed by atoms with E-state index in [2.05, 4.69) is 5.16 Å². The van der Waals surface area contributed by atoms with Crippen LogP contribution in [-0.2, 0) is 0 Å². The molecule has 0 aliphatic rings. The lowest BCUT2D eigenvalue weighted by molar-refractivity contribution is 0.318. The monoisotopic (exact) mass is 205 g/mol. The number of allylic oxidation sites excluding steroid dienone is 1. The van der Waals surface area contributed by atoms with Crippen molar-refractivity contribution in [3.63, 3.8) is 0 Å². The molecule has 1 N–H and O–H groups in total. The fourth-order valence-electron chi connectivity index (χ4n) is 1.18. The SMILES string of the molecule is C/C=C/COc1ccccc1/C(C)=N/O. The highest BCUT2D eigenvalue weighted by Gasteiger charge is 2.05. The lowest BCUT2D eigenvalue weighted by Gasteiger charge is -2.08. The summed E-state index contributed by atoms with van der Waals surface area (Å²) in [6, 6.07) is 7.49. The van der Waals surface area contributed by atoms with Gasteiger partial charge in [-0.2, -0.15) is 0 Å². The maximum absolute atomic E-state index is 8.70. The molecule has 0 saturated carbocycles. The van der Waals surface area contributed by atoms with Gasteiger partial charge in [0.2, 0.25) is 0 Å². The van der Waals surface area contributed by atoms with Crippen LogP contribution in [0.25, 0.3) is 0 Å². The highest BCUT2D eigenvalue weighted by Crippen LogP contribution is 2.18. The average molecular weight is 205 g/mol. The fraction of sp³-hybridized carbons (Fsp3) is 0.250. The van der Waals surface area contributed by atoms with Crippen LogP contribution in [0.2, 0.25) is 0 Å². The van der Waals surface area contributed by atoms with Gasteiger partial charge in [0.25, 0.3) is 0 Å². The Hall–Kier alpha value is -1.77. The van der Waals surface area contributed by atoms with Gasteiger partial charge in [0.1, 0.15) is 12.4 Å². The lowest BCUT2D eigenvalue weighted by Crippen LogP contribution is -2.01. The van der Waals surface area contributed by atoms with Crippen LogP contribution in [0.3, 0.4) is 0 Å². The number of hydrogen-bond acceptors (Lipinski definition) is 3. The number of para-hydroxylation sites is 1. The Labute approximate surface area is 89.7 Å². The summed E-state index contributed by atoms with van der Waals surface area (Å²) in [6.07, 6.45) is 3.85. The molecule has 1 aromatic carbocycles. The molecule has 0 saturated heterocycles. The van der Waals surface area contributed by atoms with E-state index in [9.17, 15) is 0 Å². The molecule has 0 bridgehead atoms. The summed E-state index contributed by atoms with van der Waals surface area (Å²) in [5.41, 5.74) is 1.36. The molecule has 15 heavy (non-hydrogen) atoms. The Balaban J connectivity index is 2.86. The Morgan fingerprint density at radius 3 is 2.87 bits per heavy atom. The third kappa shape index (κ3) is 3.13. The quantitative estimate of drug-likeness (QED) is 0.355. The first-order chi connectivity index (χ1) is 7.29. The molecular formula is C12H15NO2. The van der Waals surface area contributed by atoms with E-state index in [1.165, 1.54) is 0 Å². The van der Waals surface area contributed by atoms with Crippen molar-refractivity contribution in [2.24, 2.45) is 5.16 Å². The second-order valence-corrected chi connectivity index (χ2v) is 3.06. The number of oxime groups is 1. The summed E-state index contributed by atoms with van der Waals surface area (Å²) in [7, 11) is 0. The van der Waals surface area contributed by atoms with Gasteiger partial charge in [-0.1, -0.05) is 29.4 Å². The maximum Gasteiger partial charge on any atom is 0.128 e. The van der Waals surface area contributed by atoms with E-state index < -0.39 is 0 Å². The van der Waals surface area contributed by atoms with Crippen LogP contribution in [0.1, 0.15) is 19.4 Å². The van der Waals surface area contributed by atoms with Crippen molar-refractivity contribution < 1.29 is 9.94 Å². The third-order valence-electron chi connectivity index (χ3n) is 2.00. The van der Waals surface area contributed by atoms with E-state index in [-0.39, 0.29) is 0 Å². The second kappa shape index (κ2) is 5.86. The minimum absolute atomic E-state index is 0.520. The van der Waals surface area contributed by atoms with Gasteiger partial charge in [-0.15, -0.1) is 0 Å². The fourth-order valence-corrected chi connectivity index (χ4v) is 1.18. The van der Waals surface area contributed by atoms with E-state index in [0.29, 0.717) is 12.3 Å². The maximum atomic E-state index is 8.70. The summed E-state index contributed by atoms with van der Waals surface area (Å²) in [5.74, 6) is 0.728. The minimum atomic E-state index is 0.520. The van der Waals surface area contributed by atoms with E-state index >= 15 is 0 Å². The highest BCUT2D eigenvalue weighted by molar-refractivity contribution is 6.00. The lowest BCUT2D eigenvalue weighted by atomic mass is 10.1. The number of hydrogen-bond donors (Lipinski definition) is 1. The van der Waals surface area contributed by atoms with Gasteiger partial charge in [-0.25, -0.2) is 0 Å². The zero-order valence-corrected chi connectivity index (χ0v) is 8.97. The molecule has 0 radical (unpaired) electrons. The normalized spacial score (nSPS) is 12.0. The van der Waals surface area contributed by atoms with Crippen LogP contribution in [0.4, 0.5) is 0 Å². The predicted octanol–water partition coefficient (Wildman–Crippen LogP) is 2.84. The van der Waals surface area contributed by atoms with Crippen LogP contribution < -0.4 is 4.74 Å². The van der Waals surface area contributed by atoms with Crippen molar-refractivity contribution >= 4 is 5.71 Å². The predicted molar refractivity (Wildman–Crippen MR) is 60.7 cm³/mol. The van der Waals surface area contributed by atoms with Crippen LogP contribution >= 0.6 is 0 Å². The average Bonchev–Trinajstić information content (AvgIpc) is 2.29. The van der Waals surface area contributed by atoms with Gasteiger partial charge < -0.3 is 9.94 Å². The van der Waals surface area contributed by atoms with Crippen molar-refractivity contribution in [3.05, 3.63) is 42.0 Å². The van der Waals surface area contributed by atoms with Gasteiger partial charge in [0.15, 0.2) is 0 Å². The van der Waals surface area contributed by atoms with Crippen LogP contribution in [0, 0.1) is 0 Å². The Kier molecular flexibility index (Phi) is 4.41. The smallest absolute Gasteiger partial charge is 0.128 e.